The van der Waals surface area contributed by atoms with E-state index in [1.807, 2.05) is 40.8 Å². The van der Waals surface area contributed by atoms with Crippen LogP contribution in [0.25, 0.3) is 22.7 Å². The molecule has 0 atom stereocenters. The molecule has 200 valence electrons. The zero-order valence-electron chi connectivity index (χ0n) is 20.4. The van der Waals surface area contributed by atoms with E-state index in [-0.39, 0.29) is 11.9 Å². The molecule has 3 heterocycles. The van der Waals surface area contributed by atoms with Crippen molar-refractivity contribution in [3.63, 3.8) is 0 Å². The quantitative estimate of drug-likeness (QED) is 0.519. The lowest BCUT2D eigenvalue weighted by atomic mass is 9.95. The molecule has 1 saturated heterocycles. The van der Waals surface area contributed by atoms with Crippen LogP contribution < -0.4 is 5.32 Å². The van der Waals surface area contributed by atoms with Crippen LogP contribution in [0.15, 0.2) is 28.8 Å². The van der Waals surface area contributed by atoms with Crippen LogP contribution in [0.5, 0.6) is 0 Å². The summed E-state index contributed by atoms with van der Waals surface area (Å²) in [4.78, 5) is 32.7. The molecule has 3 aromatic rings. The molecule has 0 radical (unpaired) electrons. The van der Waals surface area contributed by atoms with Gasteiger partial charge < -0.3 is 24.4 Å². The van der Waals surface area contributed by atoms with Gasteiger partial charge in [0.2, 0.25) is 11.7 Å². The van der Waals surface area contributed by atoms with E-state index in [1.54, 1.807) is 0 Å². The van der Waals surface area contributed by atoms with Crippen LogP contribution in [-0.2, 0) is 11.8 Å². The van der Waals surface area contributed by atoms with E-state index in [0.29, 0.717) is 36.7 Å². The van der Waals surface area contributed by atoms with Gasteiger partial charge >= 0.3 is 18.2 Å². The number of hydrogen-bond acceptors (Lipinski definition) is 6. The van der Waals surface area contributed by atoms with Crippen molar-refractivity contribution >= 4 is 23.0 Å². The lowest BCUT2D eigenvalue weighted by molar-refractivity contribution is -0.192. The van der Waals surface area contributed by atoms with E-state index in [0.717, 1.165) is 36.7 Å². The number of nitrogens with zero attached hydrogens (tertiary/aromatic N) is 5. The number of carboxylic acid groups (broad SMARTS) is 1. The molecule has 2 fully saturated rings. The van der Waals surface area contributed by atoms with Crippen molar-refractivity contribution in [1.82, 2.24) is 29.9 Å². The number of nitrogens with one attached hydrogen (secondary N) is 1. The number of carbonyl (C=O) groups excluding carboxylic acids is 1. The first-order valence-corrected chi connectivity index (χ1v) is 12.2. The Kier molecular flexibility index (Phi) is 7.98. The minimum atomic E-state index is -5.08. The summed E-state index contributed by atoms with van der Waals surface area (Å²) >= 11 is 0. The molecule has 10 nitrogen and oxygen atoms in total. The largest absolute Gasteiger partial charge is 0.490 e. The van der Waals surface area contributed by atoms with E-state index < -0.39 is 12.1 Å². The average Bonchev–Trinajstić information content (AvgIpc) is 3.50. The molecule has 5 rings (SSSR count). The smallest absolute Gasteiger partial charge is 0.475 e. The predicted molar refractivity (Wildman–Crippen MR) is 127 cm³/mol. The van der Waals surface area contributed by atoms with Crippen LogP contribution in [0.4, 0.5) is 18.0 Å². The van der Waals surface area contributed by atoms with Crippen molar-refractivity contribution in [2.75, 3.05) is 13.1 Å². The van der Waals surface area contributed by atoms with Crippen molar-refractivity contribution < 1.29 is 32.4 Å². The lowest BCUT2D eigenvalue weighted by Gasteiger charge is -2.32. The molecule has 2 N–H and O–H groups in total. The Hall–Kier alpha value is -3.64. The summed E-state index contributed by atoms with van der Waals surface area (Å²) in [5.74, 6) is -0.715. The van der Waals surface area contributed by atoms with Gasteiger partial charge in [0.15, 0.2) is 5.82 Å². The van der Waals surface area contributed by atoms with Gasteiger partial charge in [-0.3, -0.25) is 0 Å². The second-order valence-corrected chi connectivity index (χ2v) is 9.29. The molecule has 2 aliphatic rings. The summed E-state index contributed by atoms with van der Waals surface area (Å²) < 4.78 is 39.3. The predicted octanol–water partition coefficient (Wildman–Crippen LogP) is 4.48. The Morgan fingerprint density at radius 2 is 1.70 bits per heavy atom. The Bertz CT molecular complexity index is 1230. The molecule has 0 spiro atoms. The summed E-state index contributed by atoms with van der Waals surface area (Å²) in [6.07, 6.45) is 2.53. The fourth-order valence-electron chi connectivity index (χ4n) is 4.68. The maximum Gasteiger partial charge on any atom is 0.490 e. The third-order valence-electron chi connectivity index (χ3n) is 6.74. The summed E-state index contributed by atoms with van der Waals surface area (Å²) in [6, 6.07) is 8.39. The fraction of sp³-hybridized carbons (Fsp3) is 0.542. The SMILES string of the molecule is Cn1c(-c2noc(C3CCN(C(=O)NC4CCCCC4)CC3)n2)nc2ccccc21.O=C(O)C(F)(F)F. The first kappa shape index (κ1) is 26.4. The Labute approximate surface area is 210 Å². The topological polar surface area (TPSA) is 126 Å². The van der Waals surface area contributed by atoms with Gasteiger partial charge in [0.25, 0.3) is 0 Å². The fourth-order valence-corrected chi connectivity index (χ4v) is 4.68. The second kappa shape index (κ2) is 11.2. The van der Waals surface area contributed by atoms with E-state index in [4.69, 9.17) is 14.4 Å². The first-order valence-electron chi connectivity index (χ1n) is 12.2. The zero-order chi connectivity index (χ0) is 26.6. The molecule has 0 unspecified atom stereocenters. The Morgan fingerprint density at radius 1 is 1.05 bits per heavy atom. The number of urea groups is 1. The van der Waals surface area contributed by atoms with E-state index in [1.165, 1.54) is 19.3 Å². The number of hydrogen-bond donors (Lipinski definition) is 2. The molecule has 2 aromatic heterocycles. The molecule has 1 aliphatic carbocycles. The summed E-state index contributed by atoms with van der Waals surface area (Å²) in [7, 11) is 1.96. The average molecular weight is 523 g/mol. The highest BCUT2D eigenvalue weighted by molar-refractivity contribution is 5.79. The van der Waals surface area contributed by atoms with Crippen LogP contribution in [0.3, 0.4) is 0 Å². The van der Waals surface area contributed by atoms with E-state index in [9.17, 15) is 18.0 Å². The number of aryl methyl sites for hydroxylation is 1. The molecule has 0 bridgehead atoms. The molecule has 1 aromatic carbocycles. The van der Waals surface area contributed by atoms with Crippen molar-refractivity contribution in [2.45, 2.75) is 63.1 Å². The number of imidazole rings is 1. The number of halogens is 3. The first-order chi connectivity index (χ1) is 17.6. The second-order valence-electron chi connectivity index (χ2n) is 9.29. The number of aromatic nitrogens is 4. The monoisotopic (exact) mass is 522 g/mol. The van der Waals surface area contributed by atoms with Gasteiger partial charge in [-0.25, -0.2) is 14.6 Å². The minimum Gasteiger partial charge on any atom is -0.475 e. The van der Waals surface area contributed by atoms with Crippen LogP contribution in [-0.4, -0.2) is 67.0 Å². The van der Waals surface area contributed by atoms with Crippen LogP contribution in [0.1, 0.15) is 56.8 Å². The normalized spacial score (nSPS) is 17.4. The van der Waals surface area contributed by atoms with Crippen molar-refractivity contribution in [3.8, 4) is 11.6 Å². The third kappa shape index (κ3) is 6.38. The van der Waals surface area contributed by atoms with Gasteiger partial charge in [0.1, 0.15) is 0 Å². The lowest BCUT2D eigenvalue weighted by Crippen LogP contribution is -2.48. The van der Waals surface area contributed by atoms with Gasteiger partial charge in [-0.1, -0.05) is 36.6 Å². The number of fused-ring (bicyclic) bond motifs is 1. The maximum absolute atomic E-state index is 12.6. The number of carboxylic acids is 1. The number of rotatable bonds is 3. The number of alkyl halides is 3. The number of aliphatic carboxylic acids is 1. The van der Waals surface area contributed by atoms with Gasteiger partial charge in [0.05, 0.1) is 11.0 Å². The molecule has 1 aliphatic heterocycles. The van der Waals surface area contributed by atoms with Gasteiger partial charge in [-0.15, -0.1) is 0 Å². The number of para-hydroxylation sites is 2. The number of benzene rings is 1. The van der Waals surface area contributed by atoms with Crippen molar-refractivity contribution in [1.29, 1.82) is 0 Å². The Balaban J connectivity index is 0.000000405. The molecular formula is C24H29F3N6O4. The number of piperidine rings is 1. The standard InChI is InChI=1S/C22H28N6O2.C2HF3O2/c1-27-18-10-6-5-9-17(18)24-20(27)19-25-21(30-26-19)15-11-13-28(14-12-15)22(29)23-16-7-3-2-4-8-16;3-2(4,5)1(6)7/h5-6,9-10,15-16H,2-4,7-8,11-14H2,1H3,(H,23,29);(H,6,7). The van der Waals surface area contributed by atoms with E-state index >= 15 is 0 Å². The zero-order valence-corrected chi connectivity index (χ0v) is 20.4. The van der Waals surface area contributed by atoms with Gasteiger partial charge in [0, 0.05) is 32.1 Å². The van der Waals surface area contributed by atoms with Crippen LogP contribution in [0.2, 0.25) is 0 Å². The van der Waals surface area contributed by atoms with Crippen LogP contribution in [0, 0.1) is 0 Å². The number of carbonyl (C=O) groups is 2. The Morgan fingerprint density at radius 3 is 2.32 bits per heavy atom. The summed E-state index contributed by atoms with van der Waals surface area (Å²) in [6.45, 7) is 1.43. The van der Waals surface area contributed by atoms with Crippen molar-refractivity contribution in [3.05, 3.63) is 30.2 Å². The van der Waals surface area contributed by atoms with Crippen molar-refractivity contribution in [2.24, 2.45) is 7.05 Å². The molecule has 1 saturated carbocycles. The van der Waals surface area contributed by atoms with E-state index in [2.05, 4.69) is 20.4 Å². The maximum atomic E-state index is 12.6. The molecule has 37 heavy (non-hydrogen) atoms. The highest BCUT2D eigenvalue weighted by atomic mass is 19.4. The number of amides is 2. The molecule has 13 heteroatoms. The number of likely N-dealkylation sites (tertiary alicyclic amines) is 1. The summed E-state index contributed by atoms with van der Waals surface area (Å²) in [5, 5.41) is 14.5. The minimum absolute atomic E-state index is 0.0752. The molecule has 2 amide bonds. The molecular weight excluding hydrogens is 493 g/mol. The van der Waals surface area contributed by atoms with Gasteiger partial charge in [-0.05, 0) is 37.8 Å². The summed E-state index contributed by atoms with van der Waals surface area (Å²) in [5.41, 5.74) is 1.95. The third-order valence-corrected chi connectivity index (χ3v) is 6.74. The highest BCUT2D eigenvalue weighted by Gasteiger charge is 2.38. The highest BCUT2D eigenvalue weighted by Crippen LogP contribution is 2.29. The van der Waals surface area contributed by atoms with Crippen LogP contribution >= 0.6 is 0 Å². The van der Waals surface area contributed by atoms with Gasteiger partial charge in [-0.2, -0.15) is 18.2 Å².